The summed E-state index contributed by atoms with van der Waals surface area (Å²) in [5.41, 5.74) is 2.13. The number of benzene rings is 2. The number of halogens is 1. The minimum Gasteiger partial charge on any atom is -0.495 e. The number of carbonyl (C=O) groups excluding carboxylic acids is 1. The third-order valence-electron chi connectivity index (χ3n) is 4.76. The number of amides is 1. The molecule has 0 spiro atoms. The molecule has 9 heteroatoms. The first kappa shape index (κ1) is 22.4. The maximum Gasteiger partial charge on any atom is 0.276 e. The van der Waals surface area contributed by atoms with Gasteiger partial charge in [0, 0.05) is 11.6 Å². The fourth-order valence-electron chi connectivity index (χ4n) is 3.19. The zero-order chi connectivity index (χ0) is 22.5. The highest BCUT2D eigenvalue weighted by Gasteiger charge is 2.18. The van der Waals surface area contributed by atoms with Gasteiger partial charge in [0.1, 0.15) is 10.4 Å². The number of hydrogen-bond acceptors (Lipinski definition) is 6. The summed E-state index contributed by atoms with van der Waals surface area (Å²) < 4.78 is 7.53. The van der Waals surface area contributed by atoms with E-state index in [4.69, 9.17) is 16.3 Å². The van der Waals surface area contributed by atoms with E-state index in [0.717, 1.165) is 5.56 Å². The van der Waals surface area contributed by atoms with Crippen molar-refractivity contribution in [2.45, 2.75) is 11.6 Å². The predicted octanol–water partition coefficient (Wildman–Crippen LogP) is 4.56. The normalized spacial score (nSPS) is 10.9. The van der Waals surface area contributed by atoms with Crippen LogP contribution in [0, 0.1) is 0 Å². The Balaban J connectivity index is 1.51. The smallest absolute Gasteiger partial charge is 0.276 e. The van der Waals surface area contributed by atoms with Crippen LogP contribution in [0.2, 0.25) is 5.02 Å². The second kappa shape index (κ2) is 10.2. The number of thiophene rings is 1. The largest absolute Gasteiger partial charge is 0.495 e. The third kappa shape index (κ3) is 4.98. The predicted molar refractivity (Wildman–Crippen MR) is 131 cm³/mol. The number of carbonyl (C=O) groups is 1. The van der Waals surface area contributed by atoms with Gasteiger partial charge in [-0.3, -0.25) is 14.2 Å². The molecule has 0 saturated carbocycles. The summed E-state index contributed by atoms with van der Waals surface area (Å²) in [5, 5.41) is 5.88. The summed E-state index contributed by atoms with van der Waals surface area (Å²) in [7, 11) is 1.56. The Morgan fingerprint density at radius 1 is 1.19 bits per heavy atom. The molecule has 0 fully saturated rings. The average molecular weight is 486 g/mol. The lowest BCUT2D eigenvalue weighted by molar-refractivity contribution is -0.118. The number of nitrogens with zero attached hydrogens (tertiary/aromatic N) is 2. The van der Waals surface area contributed by atoms with E-state index in [0.29, 0.717) is 44.8 Å². The van der Waals surface area contributed by atoms with Gasteiger partial charge >= 0.3 is 0 Å². The molecular weight excluding hydrogens is 466 g/mol. The Hall–Kier alpha value is -2.81. The van der Waals surface area contributed by atoms with E-state index in [1.807, 2.05) is 47.8 Å². The van der Waals surface area contributed by atoms with Crippen molar-refractivity contribution in [1.29, 1.82) is 0 Å². The van der Waals surface area contributed by atoms with Gasteiger partial charge in [0.15, 0.2) is 5.16 Å². The van der Waals surface area contributed by atoms with Gasteiger partial charge in [0.2, 0.25) is 5.91 Å². The van der Waals surface area contributed by atoms with Gasteiger partial charge in [0.05, 0.1) is 24.1 Å². The maximum atomic E-state index is 13.2. The van der Waals surface area contributed by atoms with Crippen molar-refractivity contribution in [2.75, 3.05) is 19.4 Å². The average Bonchev–Trinajstić information content (AvgIpc) is 3.28. The molecule has 164 valence electrons. The summed E-state index contributed by atoms with van der Waals surface area (Å²) in [6, 6.07) is 16.6. The Bertz CT molecular complexity index is 1300. The van der Waals surface area contributed by atoms with E-state index in [1.165, 1.54) is 27.7 Å². The lowest BCUT2D eigenvalue weighted by Crippen LogP contribution is -2.28. The van der Waals surface area contributed by atoms with Crippen molar-refractivity contribution >= 4 is 50.8 Å². The lowest BCUT2D eigenvalue weighted by atomic mass is 10.1. The molecule has 6 nitrogen and oxygen atoms in total. The summed E-state index contributed by atoms with van der Waals surface area (Å²) in [6.45, 7) is 0.511. The van der Waals surface area contributed by atoms with Crippen LogP contribution in [0.5, 0.6) is 5.75 Å². The topological polar surface area (TPSA) is 73.2 Å². The van der Waals surface area contributed by atoms with E-state index in [1.54, 1.807) is 19.2 Å². The van der Waals surface area contributed by atoms with Crippen molar-refractivity contribution in [1.82, 2.24) is 14.9 Å². The first-order chi connectivity index (χ1) is 15.6. The second-order valence-electron chi connectivity index (χ2n) is 6.86. The van der Waals surface area contributed by atoms with Crippen LogP contribution < -0.4 is 15.6 Å². The first-order valence-electron chi connectivity index (χ1n) is 9.84. The molecule has 0 unspecified atom stereocenters. The Morgan fingerprint density at radius 2 is 1.97 bits per heavy atom. The van der Waals surface area contributed by atoms with Gasteiger partial charge in [-0.1, -0.05) is 47.6 Å². The molecule has 4 aromatic rings. The van der Waals surface area contributed by atoms with Gasteiger partial charge in [0.25, 0.3) is 5.56 Å². The molecule has 0 aliphatic heterocycles. The van der Waals surface area contributed by atoms with Gasteiger partial charge in [-0.15, -0.1) is 11.3 Å². The van der Waals surface area contributed by atoms with Crippen LogP contribution in [0.1, 0.15) is 5.56 Å². The number of ether oxygens (including phenoxy) is 1. The van der Waals surface area contributed by atoms with Crippen LogP contribution in [0.4, 0.5) is 0 Å². The maximum absolute atomic E-state index is 13.2. The minimum atomic E-state index is -0.180. The highest BCUT2D eigenvalue weighted by molar-refractivity contribution is 7.99. The Kier molecular flexibility index (Phi) is 7.14. The van der Waals surface area contributed by atoms with Crippen molar-refractivity contribution in [3.63, 3.8) is 0 Å². The standard InChI is InChI=1S/C23H20ClN3O3S2/c1-30-19-5-3-2-4-18(19)27-22(29)21-17(11-13-31-21)26-23(27)32-14-20(28)25-12-10-15-6-8-16(24)9-7-15/h2-9,11,13H,10,12,14H2,1H3,(H,25,28). The highest BCUT2D eigenvalue weighted by Crippen LogP contribution is 2.28. The quantitative estimate of drug-likeness (QED) is 0.292. The van der Waals surface area contributed by atoms with Crippen molar-refractivity contribution in [3.05, 3.63) is 80.9 Å². The molecule has 1 amide bonds. The molecular formula is C23H20ClN3O3S2. The van der Waals surface area contributed by atoms with Gasteiger partial charge in [-0.2, -0.15) is 0 Å². The number of aromatic nitrogens is 2. The van der Waals surface area contributed by atoms with E-state index in [2.05, 4.69) is 10.3 Å². The summed E-state index contributed by atoms with van der Waals surface area (Å²) in [5.74, 6) is 0.564. The fraction of sp³-hybridized carbons (Fsp3) is 0.174. The zero-order valence-corrected chi connectivity index (χ0v) is 19.6. The van der Waals surface area contributed by atoms with Crippen LogP contribution in [0.15, 0.2) is 69.9 Å². The minimum absolute atomic E-state index is 0.129. The number of methoxy groups -OCH3 is 1. The van der Waals surface area contributed by atoms with E-state index >= 15 is 0 Å². The summed E-state index contributed by atoms with van der Waals surface area (Å²) >= 11 is 8.47. The second-order valence-corrected chi connectivity index (χ2v) is 9.15. The third-order valence-corrected chi connectivity index (χ3v) is 6.84. The first-order valence-corrected chi connectivity index (χ1v) is 12.1. The summed E-state index contributed by atoms with van der Waals surface area (Å²) in [4.78, 5) is 30.3. The van der Waals surface area contributed by atoms with Crippen molar-refractivity contribution in [2.24, 2.45) is 0 Å². The molecule has 2 aromatic carbocycles. The van der Waals surface area contributed by atoms with Crippen molar-refractivity contribution < 1.29 is 9.53 Å². The molecule has 32 heavy (non-hydrogen) atoms. The fourth-order valence-corrected chi connectivity index (χ4v) is 4.92. The van der Waals surface area contributed by atoms with Crippen LogP contribution in [0.3, 0.4) is 0 Å². The molecule has 2 heterocycles. The number of para-hydroxylation sites is 2. The molecule has 0 aliphatic carbocycles. The van der Waals surface area contributed by atoms with Crippen LogP contribution in [-0.4, -0.2) is 34.9 Å². The SMILES string of the molecule is COc1ccccc1-n1c(SCC(=O)NCCc2ccc(Cl)cc2)nc2ccsc2c1=O. The number of hydrogen-bond donors (Lipinski definition) is 1. The molecule has 2 aromatic heterocycles. The van der Waals surface area contributed by atoms with E-state index < -0.39 is 0 Å². The number of nitrogens with one attached hydrogen (secondary N) is 1. The molecule has 4 rings (SSSR count). The molecule has 0 atom stereocenters. The number of thioether (sulfide) groups is 1. The number of rotatable bonds is 8. The van der Waals surface area contributed by atoms with Crippen LogP contribution >= 0.6 is 34.7 Å². The highest BCUT2D eigenvalue weighted by atomic mass is 35.5. The van der Waals surface area contributed by atoms with Crippen molar-refractivity contribution in [3.8, 4) is 11.4 Å². The monoisotopic (exact) mass is 485 g/mol. The van der Waals surface area contributed by atoms with Gasteiger partial charge in [-0.25, -0.2) is 4.98 Å². The van der Waals surface area contributed by atoms with Crippen LogP contribution in [-0.2, 0) is 11.2 Å². The molecule has 0 bridgehead atoms. The molecule has 0 saturated heterocycles. The Morgan fingerprint density at radius 3 is 2.75 bits per heavy atom. The lowest BCUT2D eigenvalue weighted by Gasteiger charge is -2.14. The Labute approximate surface area is 198 Å². The summed E-state index contributed by atoms with van der Waals surface area (Å²) in [6.07, 6.45) is 0.707. The zero-order valence-electron chi connectivity index (χ0n) is 17.2. The molecule has 0 aliphatic rings. The van der Waals surface area contributed by atoms with Gasteiger partial charge in [-0.05, 0) is 47.7 Å². The number of fused-ring (bicyclic) bond motifs is 1. The van der Waals surface area contributed by atoms with E-state index in [-0.39, 0.29) is 17.2 Å². The molecule has 1 N–H and O–H groups in total. The van der Waals surface area contributed by atoms with Crippen LogP contribution in [0.25, 0.3) is 15.9 Å². The van der Waals surface area contributed by atoms with E-state index in [9.17, 15) is 9.59 Å². The molecule has 0 radical (unpaired) electrons. The van der Waals surface area contributed by atoms with Gasteiger partial charge < -0.3 is 10.1 Å².